The third kappa shape index (κ3) is 6.91. The van der Waals surface area contributed by atoms with Crippen molar-refractivity contribution in [1.29, 1.82) is 5.26 Å². The molecule has 1 atom stereocenters. The minimum atomic E-state index is 0.403. The number of nitrogens with one attached hydrogen (secondary N) is 1. The first kappa shape index (κ1) is 19.5. The van der Waals surface area contributed by atoms with Crippen molar-refractivity contribution in [1.82, 2.24) is 10.2 Å². The molecule has 1 aliphatic heterocycles. The van der Waals surface area contributed by atoms with Gasteiger partial charge in [0, 0.05) is 38.6 Å². The van der Waals surface area contributed by atoms with Crippen molar-refractivity contribution in [2.75, 3.05) is 46.6 Å². The number of nitriles is 1. The Morgan fingerprint density at radius 1 is 1.32 bits per heavy atom. The summed E-state index contributed by atoms with van der Waals surface area (Å²) in [6, 6.07) is 8.53. The highest BCUT2D eigenvalue weighted by molar-refractivity contribution is 5.43. The maximum absolute atomic E-state index is 8.60. The maximum Gasteiger partial charge on any atom is 0.161 e. The van der Waals surface area contributed by atoms with E-state index in [4.69, 9.17) is 19.5 Å². The molecule has 1 N–H and O–H groups in total. The molecule has 6 heteroatoms. The average molecular weight is 347 g/mol. The molecule has 6 nitrogen and oxygen atoms in total. The van der Waals surface area contributed by atoms with Crippen LogP contribution >= 0.6 is 0 Å². The fraction of sp³-hybridized carbons (Fsp3) is 0.632. The normalized spacial score (nSPS) is 16.2. The van der Waals surface area contributed by atoms with Crippen LogP contribution in [0.15, 0.2) is 18.2 Å². The zero-order valence-corrected chi connectivity index (χ0v) is 15.3. The Balaban J connectivity index is 1.82. The van der Waals surface area contributed by atoms with Gasteiger partial charge < -0.3 is 19.5 Å². The molecule has 138 valence electrons. The summed E-state index contributed by atoms with van der Waals surface area (Å²) < 4.78 is 16.5. The van der Waals surface area contributed by atoms with Gasteiger partial charge in [0.25, 0.3) is 0 Å². The predicted octanol–water partition coefficient (Wildman–Crippen LogP) is 2.19. The maximum atomic E-state index is 8.60. The molecule has 2 rings (SSSR count). The van der Waals surface area contributed by atoms with E-state index in [0.717, 1.165) is 62.9 Å². The van der Waals surface area contributed by atoms with E-state index in [1.165, 1.54) is 0 Å². The number of nitrogens with zero attached hydrogens (tertiary/aromatic N) is 2. The molecular formula is C19H29N3O3. The Labute approximate surface area is 150 Å². The number of unbranched alkanes of at least 4 members (excludes halogenated alkanes) is 1. The number of hydrogen-bond acceptors (Lipinski definition) is 6. The van der Waals surface area contributed by atoms with Crippen molar-refractivity contribution >= 4 is 0 Å². The first-order valence-electron chi connectivity index (χ1n) is 8.93. The van der Waals surface area contributed by atoms with Gasteiger partial charge in [-0.1, -0.05) is 6.07 Å². The van der Waals surface area contributed by atoms with Gasteiger partial charge in [-0.25, -0.2) is 0 Å². The molecule has 0 aromatic heterocycles. The lowest BCUT2D eigenvalue weighted by Gasteiger charge is -2.29. The summed E-state index contributed by atoms with van der Waals surface area (Å²) in [4.78, 5) is 2.43. The van der Waals surface area contributed by atoms with Crippen molar-refractivity contribution in [3.8, 4) is 17.6 Å². The summed E-state index contributed by atoms with van der Waals surface area (Å²) in [5.41, 5.74) is 1.16. The molecule has 0 bridgehead atoms. The van der Waals surface area contributed by atoms with E-state index in [2.05, 4.69) is 29.3 Å². The van der Waals surface area contributed by atoms with Crippen LogP contribution in [0.4, 0.5) is 0 Å². The van der Waals surface area contributed by atoms with Gasteiger partial charge in [-0.05, 0) is 31.0 Å². The third-order valence-corrected chi connectivity index (χ3v) is 4.21. The van der Waals surface area contributed by atoms with Crippen LogP contribution in [0.3, 0.4) is 0 Å². The van der Waals surface area contributed by atoms with Crippen LogP contribution in [0.25, 0.3) is 0 Å². The average Bonchev–Trinajstić information content (AvgIpc) is 2.64. The summed E-state index contributed by atoms with van der Waals surface area (Å²) in [5, 5.41) is 12.2. The zero-order chi connectivity index (χ0) is 17.9. The number of ether oxygens (including phenoxy) is 3. The van der Waals surface area contributed by atoms with Crippen molar-refractivity contribution in [2.24, 2.45) is 0 Å². The molecule has 1 aromatic carbocycles. The second-order valence-electron chi connectivity index (χ2n) is 6.29. The van der Waals surface area contributed by atoms with Crippen LogP contribution in [0.2, 0.25) is 0 Å². The molecule has 1 aliphatic rings. The molecule has 1 heterocycles. The molecule has 25 heavy (non-hydrogen) atoms. The summed E-state index contributed by atoms with van der Waals surface area (Å²) >= 11 is 0. The van der Waals surface area contributed by atoms with Crippen molar-refractivity contribution in [3.63, 3.8) is 0 Å². The van der Waals surface area contributed by atoms with Gasteiger partial charge in [0.05, 0.1) is 33.0 Å². The molecule has 1 fully saturated rings. The Morgan fingerprint density at radius 3 is 2.84 bits per heavy atom. The SMILES string of the molecule is COc1ccc(CNC(C)CN2CCOCC2)cc1OCCCC#N. The van der Waals surface area contributed by atoms with Crippen LogP contribution in [0, 0.1) is 11.3 Å². The molecule has 0 saturated carbocycles. The van der Waals surface area contributed by atoms with Crippen molar-refractivity contribution in [3.05, 3.63) is 23.8 Å². The zero-order valence-electron chi connectivity index (χ0n) is 15.3. The number of methoxy groups -OCH3 is 1. The van der Waals surface area contributed by atoms with E-state index in [1.54, 1.807) is 7.11 Å². The smallest absolute Gasteiger partial charge is 0.161 e. The molecule has 0 spiro atoms. The van der Waals surface area contributed by atoms with Crippen LogP contribution < -0.4 is 14.8 Å². The van der Waals surface area contributed by atoms with Gasteiger partial charge in [-0.15, -0.1) is 0 Å². The lowest BCUT2D eigenvalue weighted by atomic mass is 10.2. The van der Waals surface area contributed by atoms with E-state index >= 15 is 0 Å². The number of morpholine rings is 1. The fourth-order valence-electron chi connectivity index (χ4n) is 2.80. The summed E-state index contributed by atoms with van der Waals surface area (Å²) in [5.74, 6) is 1.46. The number of benzene rings is 1. The van der Waals surface area contributed by atoms with E-state index in [-0.39, 0.29) is 0 Å². The molecule has 0 amide bonds. The standard InChI is InChI=1S/C19H29N3O3/c1-16(15-22-8-11-24-12-9-22)21-14-17-5-6-18(23-2)19(13-17)25-10-4-3-7-20/h5-6,13,16,21H,3-4,8-12,14-15H2,1-2H3. The highest BCUT2D eigenvalue weighted by Gasteiger charge is 2.13. The Hall–Kier alpha value is -1.81. The van der Waals surface area contributed by atoms with Crippen LogP contribution in [-0.2, 0) is 11.3 Å². The van der Waals surface area contributed by atoms with Crippen molar-refractivity contribution in [2.45, 2.75) is 32.4 Å². The molecular weight excluding hydrogens is 318 g/mol. The van der Waals surface area contributed by atoms with Gasteiger partial charge in [0.2, 0.25) is 0 Å². The second kappa shape index (κ2) is 10.9. The van der Waals surface area contributed by atoms with Gasteiger partial charge in [-0.3, -0.25) is 4.90 Å². The van der Waals surface area contributed by atoms with Crippen LogP contribution in [0.5, 0.6) is 11.5 Å². The quantitative estimate of drug-likeness (QED) is 0.655. The highest BCUT2D eigenvalue weighted by atomic mass is 16.5. The Bertz CT molecular complexity index is 553. The molecule has 1 saturated heterocycles. The Kier molecular flexibility index (Phi) is 8.53. The van der Waals surface area contributed by atoms with Crippen LogP contribution in [-0.4, -0.2) is 57.5 Å². The lowest BCUT2D eigenvalue weighted by molar-refractivity contribution is 0.0343. The second-order valence-corrected chi connectivity index (χ2v) is 6.29. The van der Waals surface area contributed by atoms with Gasteiger partial charge in [-0.2, -0.15) is 5.26 Å². The van der Waals surface area contributed by atoms with E-state index < -0.39 is 0 Å². The predicted molar refractivity (Wildman–Crippen MR) is 96.9 cm³/mol. The summed E-state index contributed by atoms with van der Waals surface area (Å²) in [6.45, 7) is 8.22. The topological polar surface area (TPSA) is 66.8 Å². The molecule has 0 radical (unpaired) electrons. The fourth-order valence-corrected chi connectivity index (χ4v) is 2.80. The largest absolute Gasteiger partial charge is 0.493 e. The summed E-state index contributed by atoms with van der Waals surface area (Å²) in [7, 11) is 1.64. The first-order chi connectivity index (χ1) is 12.2. The van der Waals surface area contributed by atoms with Gasteiger partial charge in [0.15, 0.2) is 11.5 Å². The number of rotatable bonds is 10. The molecule has 1 aromatic rings. The monoisotopic (exact) mass is 347 g/mol. The Morgan fingerprint density at radius 2 is 2.12 bits per heavy atom. The highest BCUT2D eigenvalue weighted by Crippen LogP contribution is 2.28. The lowest BCUT2D eigenvalue weighted by Crippen LogP contribution is -2.44. The summed E-state index contributed by atoms with van der Waals surface area (Å²) in [6.07, 6.45) is 1.22. The van der Waals surface area contributed by atoms with Crippen molar-refractivity contribution < 1.29 is 14.2 Å². The van der Waals surface area contributed by atoms with E-state index in [9.17, 15) is 0 Å². The van der Waals surface area contributed by atoms with E-state index in [1.807, 2.05) is 12.1 Å². The number of hydrogen-bond donors (Lipinski definition) is 1. The molecule has 1 unspecified atom stereocenters. The third-order valence-electron chi connectivity index (χ3n) is 4.21. The van der Waals surface area contributed by atoms with Gasteiger partial charge >= 0.3 is 0 Å². The first-order valence-corrected chi connectivity index (χ1v) is 8.93. The van der Waals surface area contributed by atoms with Crippen LogP contribution in [0.1, 0.15) is 25.3 Å². The van der Waals surface area contributed by atoms with Gasteiger partial charge in [0.1, 0.15) is 0 Å². The van der Waals surface area contributed by atoms with E-state index in [0.29, 0.717) is 19.1 Å². The minimum absolute atomic E-state index is 0.403. The molecule has 0 aliphatic carbocycles. The minimum Gasteiger partial charge on any atom is -0.493 e.